The summed E-state index contributed by atoms with van der Waals surface area (Å²) in [7, 11) is 0. The molecule has 2 nitrogen and oxygen atoms in total. The Morgan fingerprint density at radius 3 is 2.93 bits per heavy atom. The zero-order valence-electron chi connectivity index (χ0n) is 7.46. The maximum atomic E-state index is 9.20. The molecule has 2 rings (SSSR count). The smallest absolute Gasteiger partial charge is 0.0686 e. The van der Waals surface area contributed by atoms with Crippen LogP contribution in [0.4, 0.5) is 5.69 Å². The highest BCUT2D eigenvalue weighted by Crippen LogP contribution is 2.33. The van der Waals surface area contributed by atoms with Crippen LogP contribution in [0, 0.1) is 0 Å². The van der Waals surface area contributed by atoms with Crippen molar-refractivity contribution in [1.82, 2.24) is 0 Å². The zero-order chi connectivity index (χ0) is 10.1. The van der Waals surface area contributed by atoms with Gasteiger partial charge in [0.05, 0.1) is 6.61 Å². The molecule has 0 aliphatic carbocycles. The highest BCUT2D eigenvalue weighted by molar-refractivity contribution is 9.08. The largest absolute Gasteiger partial charge is 0.398 e. The molecule has 4 heteroatoms. The zero-order valence-corrected chi connectivity index (χ0v) is 9.86. The van der Waals surface area contributed by atoms with E-state index in [-0.39, 0.29) is 6.61 Å². The molecule has 0 saturated heterocycles. The molecule has 74 valence electrons. The third kappa shape index (κ3) is 1.43. The Morgan fingerprint density at radius 1 is 1.50 bits per heavy atom. The standard InChI is InChI=1S/C10H10BrNOS/c11-4-8-6(5-13)3-9(12)7-1-2-14-10(7)8/h1-3,13H,4-5,12H2. The predicted octanol–water partition coefficient (Wildman–Crippen LogP) is 2.87. The lowest BCUT2D eigenvalue weighted by atomic mass is 10.1. The lowest BCUT2D eigenvalue weighted by Gasteiger charge is -2.08. The Morgan fingerprint density at radius 2 is 2.29 bits per heavy atom. The van der Waals surface area contributed by atoms with Gasteiger partial charge >= 0.3 is 0 Å². The summed E-state index contributed by atoms with van der Waals surface area (Å²) in [6, 6.07) is 3.87. The molecule has 0 spiro atoms. The average molecular weight is 272 g/mol. The normalized spacial score (nSPS) is 11.0. The number of aliphatic hydroxyl groups excluding tert-OH is 1. The van der Waals surface area contributed by atoms with Crippen molar-refractivity contribution in [2.45, 2.75) is 11.9 Å². The highest BCUT2D eigenvalue weighted by atomic mass is 79.9. The van der Waals surface area contributed by atoms with Crippen LogP contribution in [0.25, 0.3) is 10.1 Å². The first-order valence-electron chi connectivity index (χ1n) is 4.22. The van der Waals surface area contributed by atoms with Crippen molar-refractivity contribution < 1.29 is 5.11 Å². The number of halogens is 1. The van der Waals surface area contributed by atoms with Gasteiger partial charge in [0.15, 0.2) is 0 Å². The first kappa shape index (κ1) is 9.96. The number of hydrogen-bond acceptors (Lipinski definition) is 3. The molecule has 0 unspecified atom stereocenters. The third-order valence-electron chi connectivity index (χ3n) is 2.27. The predicted molar refractivity (Wildman–Crippen MR) is 64.8 cm³/mol. The summed E-state index contributed by atoms with van der Waals surface area (Å²) in [6.45, 7) is 0.0406. The second-order valence-electron chi connectivity index (χ2n) is 3.06. The molecular formula is C10H10BrNOS. The molecule has 1 aromatic heterocycles. The van der Waals surface area contributed by atoms with Gasteiger partial charge in [-0.3, -0.25) is 0 Å². The molecular weight excluding hydrogens is 262 g/mol. The molecule has 0 amide bonds. The fourth-order valence-corrected chi connectivity index (χ4v) is 3.38. The van der Waals surface area contributed by atoms with Gasteiger partial charge in [-0.1, -0.05) is 15.9 Å². The minimum atomic E-state index is 0.0406. The van der Waals surface area contributed by atoms with Crippen molar-refractivity contribution in [3.8, 4) is 0 Å². The van der Waals surface area contributed by atoms with E-state index < -0.39 is 0 Å². The van der Waals surface area contributed by atoms with Crippen molar-refractivity contribution in [1.29, 1.82) is 0 Å². The van der Waals surface area contributed by atoms with Crippen molar-refractivity contribution in [3.05, 3.63) is 28.6 Å². The van der Waals surface area contributed by atoms with Crippen LogP contribution in [-0.4, -0.2) is 5.11 Å². The van der Waals surface area contributed by atoms with Gasteiger partial charge in [0, 0.05) is 21.1 Å². The quantitative estimate of drug-likeness (QED) is 0.652. The van der Waals surface area contributed by atoms with Gasteiger partial charge in [0.25, 0.3) is 0 Å². The fourth-order valence-electron chi connectivity index (χ4n) is 1.56. The van der Waals surface area contributed by atoms with Gasteiger partial charge in [-0.15, -0.1) is 11.3 Å². The SMILES string of the molecule is Nc1cc(CO)c(CBr)c2sccc12. The van der Waals surface area contributed by atoms with Crippen molar-refractivity contribution in [3.63, 3.8) is 0 Å². The van der Waals surface area contributed by atoms with Crippen LogP contribution in [0.5, 0.6) is 0 Å². The number of alkyl halides is 1. The van der Waals surface area contributed by atoms with Crippen LogP contribution >= 0.6 is 27.3 Å². The highest BCUT2D eigenvalue weighted by Gasteiger charge is 2.09. The Kier molecular flexibility index (Phi) is 2.76. The van der Waals surface area contributed by atoms with Gasteiger partial charge in [0.2, 0.25) is 0 Å². The van der Waals surface area contributed by atoms with Crippen LogP contribution in [0.1, 0.15) is 11.1 Å². The molecule has 2 aromatic rings. The number of anilines is 1. The number of nitrogens with two attached hydrogens (primary N) is 1. The van der Waals surface area contributed by atoms with E-state index >= 15 is 0 Å². The van der Waals surface area contributed by atoms with Gasteiger partial charge in [-0.2, -0.15) is 0 Å². The minimum absolute atomic E-state index is 0.0406. The number of thiophene rings is 1. The Hall–Kier alpha value is -0.580. The number of rotatable bonds is 2. The molecule has 1 heterocycles. The summed E-state index contributed by atoms with van der Waals surface area (Å²) in [4.78, 5) is 0. The van der Waals surface area contributed by atoms with Crippen molar-refractivity contribution in [2.24, 2.45) is 0 Å². The maximum absolute atomic E-state index is 9.20. The first-order valence-corrected chi connectivity index (χ1v) is 6.22. The van der Waals surface area contributed by atoms with Gasteiger partial charge in [0.1, 0.15) is 0 Å². The number of nitrogen functional groups attached to an aromatic ring is 1. The van der Waals surface area contributed by atoms with E-state index in [1.54, 1.807) is 11.3 Å². The lowest BCUT2D eigenvalue weighted by molar-refractivity contribution is 0.281. The monoisotopic (exact) mass is 271 g/mol. The van der Waals surface area contributed by atoms with E-state index in [0.29, 0.717) is 0 Å². The Labute approximate surface area is 94.5 Å². The molecule has 0 bridgehead atoms. The molecule has 0 saturated carbocycles. The van der Waals surface area contributed by atoms with E-state index in [9.17, 15) is 5.11 Å². The molecule has 14 heavy (non-hydrogen) atoms. The number of aliphatic hydroxyl groups is 1. The van der Waals surface area contributed by atoms with E-state index in [2.05, 4.69) is 15.9 Å². The topological polar surface area (TPSA) is 46.2 Å². The van der Waals surface area contributed by atoms with Gasteiger partial charge in [-0.05, 0) is 28.6 Å². The molecule has 1 aromatic carbocycles. The second kappa shape index (κ2) is 3.88. The summed E-state index contributed by atoms with van der Waals surface area (Å²) < 4.78 is 1.17. The molecule has 3 N–H and O–H groups in total. The van der Waals surface area contributed by atoms with E-state index in [4.69, 9.17) is 5.73 Å². The number of benzene rings is 1. The molecule has 0 fully saturated rings. The second-order valence-corrected chi connectivity index (χ2v) is 4.54. The summed E-state index contributed by atoms with van der Waals surface area (Å²) in [5.41, 5.74) is 8.68. The van der Waals surface area contributed by atoms with Crippen molar-refractivity contribution in [2.75, 3.05) is 5.73 Å². The van der Waals surface area contributed by atoms with Crippen LogP contribution in [-0.2, 0) is 11.9 Å². The lowest BCUT2D eigenvalue weighted by Crippen LogP contribution is -1.95. The number of fused-ring (bicyclic) bond motifs is 1. The number of hydrogen-bond donors (Lipinski definition) is 2. The minimum Gasteiger partial charge on any atom is -0.398 e. The fraction of sp³-hybridized carbons (Fsp3) is 0.200. The van der Waals surface area contributed by atoms with Gasteiger partial charge < -0.3 is 10.8 Å². The van der Waals surface area contributed by atoms with Crippen LogP contribution in [0.2, 0.25) is 0 Å². The summed E-state index contributed by atoms with van der Waals surface area (Å²) in [5.74, 6) is 0. The maximum Gasteiger partial charge on any atom is 0.0686 e. The Balaban J connectivity index is 2.82. The van der Waals surface area contributed by atoms with E-state index in [0.717, 1.165) is 27.5 Å². The third-order valence-corrected chi connectivity index (χ3v) is 3.81. The van der Waals surface area contributed by atoms with Crippen LogP contribution < -0.4 is 5.73 Å². The molecule has 0 aliphatic heterocycles. The van der Waals surface area contributed by atoms with Crippen molar-refractivity contribution >= 4 is 43.0 Å². The van der Waals surface area contributed by atoms with E-state index in [1.165, 1.54) is 4.70 Å². The van der Waals surface area contributed by atoms with Crippen LogP contribution in [0.15, 0.2) is 17.5 Å². The Bertz CT molecular complexity index is 466. The molecule has 0 atom stereocenters. The van der Waals surface area contributed by atoms with E-state index in [1.807, 2.05) is 17.5 Å². The summed E-state index contributed by atoms with van der Waals surface area (Å²) >= 11 is 5.10. The molecule has 0 aliphatic rings. The van der Waals surface area contributed by atoms with Gasteiger partial charge in [-0.25, -0.2) is 0 Å². The first-order chi connectivity index (χ1) is 6.77. The summed E-state index contributed by atoms with van der Waals surface area (Å²) in [6.07, 6.45) is 0. The summed E-state index contributed by atoms with van der Waals surface area (Å²) in [5, 5.41) is 13.1. The average Bonchev–Trinajstić information content (AvgIpc) is 2.66. The van der Waals surface area contributed by atoms with Crippen LogP contribution in [0.3, 0.4) is 0 Å². The molecule has 0 radical (unpaired) electrons.